The van der Waals surface area contributed by atoms with Crippen molar-refractivity contribution in [1.29, 1.82) is 0 Å². The zero-order valence-corrected chi connectivity index (χ0v) is 33.2. The molecule has 280 valence electrons. The second-order valence-electron chi connectivity index (χ2n) is 16.8. The molecule has 0 bridgehead atoms. The van der Waals surface area contributed by atoms with Gasteiger partial charge in [-0.1, -0.05) is 166 Å². The number of para-hydroxylation sites is 5. The number of fused-ring (bicyclic) bond motifs is 9. The Labute approximate surface area is 345 Å². The maximum Gasteiger partial charge on any atom is 0.0703 e. The van der Waals surface area contributed by atoms with Gasteiger partial charge < -0.3 is 9.80 Å². The monoisotopic (exact) mass is 754 g/mol. The maximum absolute atomic E-state index is 2.58. The van der Waals surface area contributed by atoms with Crippen molar-refractivity contribution in [2.75, 3.05) is 9.80 Å². The predicted octanol–water partition coefficient (Wildman–Crippen LogP) is 15.9. The summed E-state index contributed by atoms with van der Waals surface area (Å²) in [4.78, 5) is 4.87. The molecule has 2 unspecified atom stereocenters. The van der Waals surface area contributed by atoms with Crippen LogP contribution in [-0.4, -0.2) is 0 Å². The van der Waals surface area contributed by atoms with Crippen molar-refractivity contribution in [3.63, 3.8) is 0 Å². The Hall–Kier alpha value is -7.16. The number of rotatable bonds is 4. The third kappa shape index (κ3) is 4.93. The highest BCUT2D eigenvalue weighted by Gasteiger charge is 2.46. The Morgan fingerprint density at radius 3 is 1.58 bits per heavy atom. The smallest absolute Gasteiger partial charge is 0.0703 e. The number of hydrogen-bond acceptors (Lipinski definition) is 2. The van der Waals surface area contributed by atoms with Gasteiger partial charge in [-0.3, -0.25) is 0 Å². The van der Waals surface area contributed by atoms with E-state index in [-0.39, 0.29) is 5.41 Å². The van der Waals surface area contributed by atoms with E-state index in [4.69, 9.17) is 0 Å². The van der Waals surface area contributed by atoms with Crippen LogP contribution in [0.3, 0.4) is 0 Å². The minimum absolute atomic E-state index is 0.0351. The molecule has 0 fully saturated rings. The van der Waals surface area contributed by atoms with Crippen LogP contribution in [0.2, 0.25) is 0 Å². The van der Waals surface area contributed by atoms with Gasteiger partial charge >= 0.3 is 0 Å². The molecule has 0 radical (unpaired) electrons. The summed E-state index contributed by atoms with van der Waals surface area (Å²) < 4.78 is 0. The second-order valence-corrected chi connectivity index (χ2v) is 16.8. The highest BCUT2D eigenvalue weighted by Crippen LogP contribution is 2.58. The quantitative estimate of drug-likeness (QED) is 0.165. The van der Waals surface area contributed by atoms with E-state index in [0.717, 1.165) is 34.1 Å². The summed E-state index contributed by atoms with van der Waals surface area (Å²) in [6.07, 6.45) is 9.37. The number of benzene rings is 9. The van der Waals surface area contributed by atoms with E-state index in [1.807, 2.05) is 0 Å². The second kappa shape index (κ2) is 12.9. The van der Waals surface area contributed by atoms with Gasteiger partial charge in [0, 0.05) is 17.3 Å². The molecule has 59 heavy (non-hydrogen) atoms. The Morgan fingerprint density at radius 1 is 0.407 bits per heavy atom. The summed E-state index contributed by atoms with van der Waals surface area (Å²) in [6.45, 7) is 4.91. The number of allylic oxidation sites excluding steroid dienone is 4. The van der Waals surface area contributed by atoms with Crippen LogP contribution in [0, 0.1) is 5.92 Å². The van der Waals surface area contributed by atoms with Gasteiger partial charge in [0.1, 0.15) is 0 Å². The highest BCUT2D eigenvalue weighted by molar-refractivity contribution is 6.24. The fourth-order valence-corrected chi connectivity index (χ4v) is 10.8. The van der Waals surface area contributed by atoms with E-state index in [2.05, 4.69) is 230 Å². The first kappa shape index (κ1) is 33.9. The molecule has 0 N–H and O–H groups in total. The van der Waals surface area contributed by atoms with Gasteiger partial charge in [0.15, 0.2) is 0 Å². The van der Waals surface area contributed by atoms with Crippen LogP contribution in [0.5, 0.6) is 0 Å². The van der Waals surface area contributed by atoms with Gasteiger partial charge in [0.2, 0.25) is 0 Å². The lowest BCUT2D eigenvalue weighted by Gasteiger charge is -2.40. The first-order chi connectivity index (χ1) is 29.1. The summed E-state index contributed by atoms with van der Waals surface area (Å²) in [5.74, 6) is 0.774. The van der Waals surface area contributed by atoms with E-state index in [1.54, 1.807) is 0 Å². The van der Waals surface area contributed by atoms with Crippen LogP contribution in [0.25, 0.3) is 54.6 Å². The minimum atomic E-state index is -0.0351. The average Bonchev–Trinajstić information content (AvgIpc) is 3.53. The summed E-state index contributed by atoms with van der Waals surface area (Å²) in [7, 11) is 0. The third-order valence-electron chi connectivity index (χ3n) is 13.4. The Bertz CT molecular complexity index is 3160. The lowest BCUT2D eigenvalue weighted by Crippen LogP contribution is -2.24. The Morgan fingerprint density at radius 2 is 0.915 bits per heavy atom. The first-order valence-electron chi connectivity index (χ1n) is 20.9. The Balaban J connectivity index is 1.19. The minimum Gasteiger partial charge on any atom is -0.306 e. The summed E-state index contributed by atoms with van der Waals surface area (Å²) >= 11 is 0. The standard InChI is InChI=1S/C57H42N2/c1-57(2)48-28-14-13-27-45(48)56-41-24-10-9-23-40(41)47(36-49(56)57)55-43-26-12-11-25-42(43)54(37-19-5-3-6-20-37)44-34-33-39(35-46(44)55)59-52-31-17-15-29-50(52)58(38-21-7-4-8-22-38)51-30-16-18-32-53(51)59/h3-36,45,48H,1-2H3. The van der Waals surface area contributed by atoms with Gasteiger partial charge in [-0.15, -0.1) is 0 Å². The van der Waals surface area contributed by atoms with Crippen LogP contribution in [-0.2, 0) is 5.41 Å². The normalized spacial score (nSPS) is 17.3. The van der Waals surface area contributed by atoms with Crippen molar-refractivity contribution < 1.29 is 0 Å². The molecule has 0 aromatic heterocycles. The van der Waals surface area contributed by atoms with E-state index >= 15 is 0 Å². The molecular formula is C57H42N2. The Kier molecular flexibility index (Phi) is 7.43. The largest absolute Gasteiger partial charge is 0.306 e. The molecule has 9 aromatic carbocycles. The van der Waals surface area contributed by atoms with E-state index < -0.39 is 0 Å². The van der Waals surface area contributed by atoms with Crippen LogP contribution in [0.4, 0.5) is 34.1 Å². The molecule has 0 saturated carbocycles. The summed E-state index contributed by atoms with van der Waals surface area (Å²) in [5, 5.41) is 7.71. The van der Waals surface area contributed by atoms with Crippen molar-refractivity contribution in [3.8, 4) is 22.3 Å². The topological polar surface area (TPSA) is 6.48 Å². The molecule has 2 atom stereocenters. The van der Waals surface area contributed by atoms with Crippen LogP contribution >= 0.6 is 0 Å². The van der Waals surface area contributed by atoms with Gasteiger partial charge in [-0.05, 0) is 132 Å². The van der Waals surface area contributed by atoms with Gasteiger partial charge in [-0.25, -0.2) is 0 Å². The van der Waals surface area contributed by atoms with Crippen LogP contribution < -0.4 is 9.80 Å². The molecule has 2 nitrogen and oxygen atoms in total. The molecule has 1 aliphatic heterocycles. The molecule has 2 aliphatic carbocycles. The zero-order chi connectivity index (χ0) is 39.2. The van der Waals surface area contributed by atoms with Crippen molar-refractivity contribution >= 4 is 66.4 Å². The average molecular weight is 755 g/mol. The third-order valence-corrected chi connectivity index (χ3v) is 13.4. The summed E-state index contributed by atoms with van der Waals surface area (Å²) in [5.41, 5.74) is 14.9. The van der Waals surface area contributed by atoms with E-state index in [9.17, 15) is 0 Å². The number of nitrogens with zero attached hydrogens (tertiary/aromatic N) is 2. The van der Waals surface area contributed by atoms with Gasteiger partial charge in [-0.2, -0.15) is 0 Å². The molecule has 9 aromatic rings. The van der Waals surface area contributed by atoms with Crippen molar-refractivity contribution in [2.45, 2.75) is 25.2 Å². The molecule has 12 rings (SSSR count). The zero-order valence-electron chi connectivity index (χ0n) is 33.2. The molecule has 2 heteroatoms. The fourth-order valence-electron chi connectivity index (χ4n) is 10.8. The van der Waals surface area contributed by atoms with E-state index in [1.165, 1.54) is 65.7 Å². The molecule has 0 saturated heterocycles. The van der Waals surface area contributed by atoms with Crippen LogP contribution in [0.15, 0.2) is 206 Å². The fraction of sp³-hybridized carbons (Fsp3) is 0.0877. The van der Waals surface area contributed by atoms with Crippen molar-refractivity contribution in [3.05, 3.63) is 217 Å². The van der Waals surface area contributed by atoms with Crippen molar-refractivity contribution in [2.24, 2.45) is 5.92 Å². The van der Waals surface area contributed by atoms with Crippen molar-refractivity contribution in [1.82, 2.24) is 0 Å². The van der Waals surface area contributed by atoms with E-state index in [0.29, 0.717) is 11.8 Å². The highest BCUT2D eigenvalue weighted by atomic mass is 15.3. The summed E-state index contributed by atoms with van der Waals surface area (Å²) in [6, 6.07) is 67.4. The maximum atomic E-state index is 2.58. The number of hydrogen-bond donors (Lipinski definition) is 0. The lowest BCUT2D eigenvalue weighted by molar-refractivity contribution is 0.394. The van der Waals surface area contributed by atoms with Crippen LogP contribution in [0.1, 0.15) is 30.9 Å². The molecular weight excluding hydrogens is 713 g/mol. The predicted molar refractivity (Wildman–Crippen MR) is 250 cm³/mol. The number of anilines is 6. The lowest BCUT2D eigenvalue weighted by atomic mass is 9.74. The van der Waals surface area contributed by atoms with Gasteiger partial charge in [0.25, 0.3) is 0 Å². The van der Waals surface area contributed by atoms with Gasteiger partial charge in [0.05, 0.1) is 22.7 Å². The molecule has 0 spiro atoms. The molecule has 3 aliphatic rings. The molecule has 0 amide bonds. The first-order valence-corrected chi connectivity index (χ1v) is 20.9. The molecule has 1 heterocycles. The SMILES string of the molecule is CC1(C)c2cc(-c3c4ccccc4c(-c4ccccc4)c4ccc(N5c6ccccc6N(c6ccccc6)c6ccccc65)cc34)c3ccccc3c2C2C=CC=CC21.